The first-order valence-corrected chi connectivity index (χ1v) is 12.7. The van der Waals surface area contributed by atoms with Crippen molar-refractivity contribution in [3.63, 3.8) is 0 Å². The Morgan fingerprint density at radius 2 is 2.05 bits per heavy atom. The lowest BCUT2D eigenvalue weighted by Gasteiger charge is -2.38. The first-order valence-electron chi connectivity index (χ1n) is 12.7. The van der Waals surface area contributed by atoms with E-state index in [1.807, 2.05) is 30.0 Å². The molecular formula is C28H30FN3O5. The Bertz CT molecular complexity index is 1250. The summed E-state index contributed by atoms with van der Waals surface area (Å²) >= 11 is 0. The van der Waals surface area contributed by atoms with E-state index >= 15 is 0 Å². The monoisotopic (exact) mass is 507 g/mol. The number of amides is 2. The minimum Gasteiger partial charge on any atom is -0.484 e. The second-order valence-corrected chi connectivity index (χ2v) is 9.27. The molecule has 1 fully saturated rings. The Labute approximate surface area is 214 Å². The lowest BCUT2D eigenvalue weighted by molar-refractivity contribution is -0.132. The third kappa shape index (κ3) is 5.67. The number of carbonyl (C=O) groups excluding carboxylic acids is 2. The summed E-state index contributed by atoms with van der Waals surface area (Å²) in [5.41, 5.74) is 3.08. The third-order valence-electron chi connectivity index (χ3n) is 6.82. The molecule has 0 aliphatic carbocycles. The first kappa shape index (κ1) is 25.0. The van der Waals surface area contributed by atoms with Gasteiger partial charge in [0.2, 0.25) is 11.8 Å². The minimum absolute atomic E-state index is 0.0383. The molecule has 9 heteroatoms. The number of oxazole rings is 1. The van der Waals surface area contributed by atoms with Crippen molar-refractivity contribution in [3.8, 4) is 5.75 Å². The summed E-state index contributed by atoms with van der Waals surface area (Å²) in [7, 11) is 0. The highest BCUT2D eigenvalue weighted by molar-refractivity contribution is 5.91. The van der Waals surface area contributed by atoms with Gasteiger partial charge < -0.3 is 24.1 Å². The molecule has 1 saturated heterocycles. The maximum atomic E-state index is 13.6. The molecule has 2 amide bonds. The van der Waals surface area contributed by atoms with Gasteiger partial charge in [-0.1, -0.05) is 25.1 Å². The minimum atomic E-state index is -0.332. The summed E-state index contributed by atoms with van der Waals surface area (Å²) in [4.78, 5) is 31.2. The SMILES string of the molecule is CCC(=O)N1CCc2ccc(OCc3nc(C(=O)NC[C@H]4CCCO4)co3)cc2[C@H]1c1ccc(F)cc1. The van der Waals surface area contributed by atoms with Crippen LogP contribution in [-0.2, 0) is 22.6 Å². The van der Waals surface area contributed by atoms with Gasteiger partial charge >= 0.3 is 0 Å². The van der Waals surface area contributed by atoms with Crippen LogP contribution >= 0.6 is 0 Å². The fourth-order valence-electron chi connectivity index (χ4n) is 4.89. The van der Waals surface area contributed by atoms with Crippen LogP contribution in [0, 0.1) is 5.82 Å². The van der Waals surface area contributed by atoms with Crippen molar-refractivity contribution in [2.24, 2.45) is 0 Å². The standard InChI is InChI=1S/C28H30FN3O5/c1-2-26(33)32-12-11-18-7-10-21(14-23(18)27(32)19-5-8-20(29)9-6-19)36-17-25-31-24(16-37-25)28(34)30-15-22-4-3-13-35-22/h5-10,14,16,22,27H,2-4,11-13,15,17H2,1H3,(H,30,34)/t22-,27-/m1/s1. The van der Waals surface area contributed by atoms with Crippen molar-refractivity contribution in [2.45, 2.75) is 51.4 Å². The van der Waals surface area contributed by atoms with Gasteiger partial charge in [-0.25, -0.2) is 9.37 Å². The number of halogens is 1. The van der Waals surface area contributed by atoms with E-state index in [0.29, 0.717) is 25.3 Å². The van der Waals surface area contributed by atoms with Crippen molar-refractivity contribution >= 4 is 11.8 Å². The number of aromatic nitrogens is 1. The quantitative estimate of drug-likeness (QED) is 0.492. The number of fused-ring (bicyclic) bond motifs is 1. The Kier molecular flexibility index (Phi) is 7.50. The van der Waals surface area contributed by atoms with Crippen LogP contribution in [0.3, 0.4) is 0 Å². The van der Waals surface area contributed by atoms with Crippen molar-refractivity contribution in [3.05, 3.63) is 82.8 Å². The number of benzene rings is 2. The highest BCUT2D eigenvalue weighted by Crippen LogP contribution is 2.37. The zero-order chi connectivity index (χ0) is 25.8. The van der Waals surface area contributed by atoms with E-state index in [1.165, 1.54) is 18.4 Å². The van der Waals surface area contributed by atoms with Crippen LogP contribution in [0.5, 0.6) is 5.75 Å². The Balaban J connectivity index is 1.29. The molecule has 0 unspecified atom stereocenters. The average Bonchev–Trinajstić information content (AvgIpc) is 3.62. The molecule has 3 aromatic rings. The van der Waals surface area contributed by atoms with E-state index in [1.54, 1.807) is 12.1 Å². The van der Waals surface area contributed by atoms with Gasteiger partial charge in [-0.15, -0.1) is 0 Å². The molecule has 8 nitrogen and oxygen atoms in total. The smallest absolute Gasteiger partial charge is 0.273 e. The Hall–Kier alpha value is -3.72. The highest BCUT2D eigenvalue weighted by atomic mass is 19.1. The Morgan fingerprint density at radius 1 is 1.22 bits per heavy atom. The van der Waals surface area contributed by atoms with E-state index < -0.39 is 0 Å². The fourth-order valence-corrected chi connectivity index (χ4v) is 4.89. The van der Waals surface area contributed by atoms with Crippen LogP contribution in [0.25, 0.3) is 0 Å². The van der Waals surface area contributed by atoms with Crippen LogP contribution < -0.4 is 10.1 Å². The molecule has 2 atom stereocenters. The summed E-state index contributed by atoms with van der Waals surface area (Å²) < 4.78 is 30.5. The molecule has 1 aromatic heterocycles. The second kappa shape index (κ2) is 11.1. The van der Waals surface area contributed by atoms with Gasteiger partial charge in [0.05, 0.1) is 12.1 Å². The van der Waals surface area contributed by atoms with Gasteiger partial charge in [-0.05, 0) is 60.2 Å². The zero-order valence-corrected chi connectivity index (χ0v) is 20.7. The van der Waals surface area contributed by atoms with E-state index in [9.17, 15) is 14.0 Å². The number of nitrogens with one attached hydrogen (secondary N) is 1. The van der Waals surface area contributed by atoms with Gasteiger partial charge in [0.25, 0.3) is 5.91 Å². The van der Waals surface area contributed by atoms with E-state index in [2.05, 4.69) is 10.3 Å². The van der Waals surface area contributed by atoms with E-state index in [-0.39, 0.29) is 48.0 Å². The topological polar surface area (TPSA) is 93.9 Å². The predicted molar refractivity (Wildman–Crippen MR) is 133 cm³/mol. The van der Waals surface area contributed by atoms with Crippen LogP contribution in [0.2, 0.25) is 0 Å². The first-order chi connectivity index (χ1) is 18.0. The fraction of sp³-hybridized carbons (Fsp3) is 0.393. The average molecular weight is 508 g/mol. The number of nitrogens with zero attached hydrogens (tertiary/aromatic N) is 2. The van der Waals surface area contributed by atoms with Crippen molar-refractivity contribution < 1.29 is 27.9 Å². The van der Waals surface area contributed by atoms with Crippen molar-refractivity contribution in [1.29, 1.82) is 0 Å². The lowest BCUT2D eigenvalue weighted by Crippen LogP contribution is -2.40. The van der Waals surface area contributed by atoms with Gasteiger partial charge in [0, 0.05) is 26.1 Å². The van der Waals surface area contributed by atoms with Gasteiger partial charge in [-0.2, -0.15) is 0 Å². The molecule has 2 aliphatic rings. The molecule has 0 bridgehead atoms. The molecule has 3 heterocycles. The summed E-state index contributed by atoms with van der Waals surface area (Å²) in [6.07, 6.45) is 4.41. The summed E-state index contributed by atoms with van der Waals surface area (Å²) in [5.74, 6) is 0.256. The highest BCUT2D eigenvalue weighted by Gasteiger charge is 2.31. The van der Waals surface area contributed by atoms with E-state index in [4.69, 9.17) is 13.9 Å². The van der Waals surface area contributed by atoms with Crippen LogP contribution in [-0.4, -0.2) is 47.5 Å². The summed E-state index contributed by atoms with van der Waals surface area (Å²) in [5, 5.41) is 2.82. The van der Waals surface area contributed by atoms with Gasteiger partial charge in [0.15, 0.2) is 12.3 Å². The van der Waals surface area contributed by atoms with Crippen LogP contribution in [0.1, 0.15) is 65.3 Å². The molecule has 2 aliphatic heterocycles. The molecule has 1 N–H and O–H groups in total. The zero-order valence-electron chi connectivity index (χ0n) is 20.7. The van der Waals surface area contributed by atoms with Gasteiger partial charge in [-0.3, -0.25) is 9.59 Å². The molecule has 2 aromatic carbocycles. The number of ether oxygens (including phenoxy) is 2. The van der Waals surface area contributed by atoms with E-state index in [0.717, 1.165) is 42.6 Å². The van der Waals surface area contributed by atoms with Crippen LogP contribution in [0.15, 0.2) is 53.1 Å². The molecule has 194 valence electrons. The molecule has 0 spiro atoms. The predicted octanol–water partition coefficient (Wildman–Crippen LogP) is 4.19. The number of carbonyl (C=O) groups is 2. The normalized spacial score (nSPS) is 18.9. The molecule has 37 heavy (non-hydrogen) atoms. The van der Waals surface area contributed by atoms with Crippen molar-refractivity contribution in [2.75, 3.05) is 19.7 Å². The molecule has 5 rings (SSSR count). The van der Waals surface area contributed by atoms with Crippen molar-refractivity contribution in [1.82, 2.24) is 15.2 Å². The summed E-state index contributed by atoms with van der Waals surface area (Å²) in [6, 6.07) is 11.7. The van der Waals surface area contributed by atoms with Crippen LogP contribution in [0.4, 0.5) is 4.39 Å². The Morgan fingerprint density at radius 3 is 2.81 bits per heavy atom. The lowest BCUT2D eigenvalue weighted by atomic mass is 9.87. The molecular weight excluding hydrogens is 477 g/mol. The number of hydrogen-bond donors (Lipinski definition) is 1. The number of rotatable bonds is 8. The second-order valence-electron chi connectivity index (χ2n) is 9.27. The van der Waals surface area contributed by atoms with Gasteiger partial charge in [0.1, 0.15) is 17.8 Å². The maximum Gasteiger partial charge on any atom is 0.273 e. The molecule has 0 saturated carbocycles. The molecule has 0 radical (unpaired) electrons. The maximum absolute atomic E-state index is 13.6. The largest absolute Gasteiger partial charge is 0.484 e. The third-order valence-corrected chi connectivity index (χ3v) is 6.82. The number of hydrogen-bond acceptors (Lipinski definition) is 6. The summed E-state index contributed by atoms with van der Waals surface area (Å²) in [6.45, 7) is 3.64.